The fourth-order valence-electron chi connectivity index (χ4n) is 8.01. The average molecular weight is 684 g/mol. The van der Waals surface area contributed by atoms with Crippen LogP contribution in [0.5, 0.6) is 0 Å². The lowest BCUT2D eigenvalue weighted by atomic mass is 9.85. The molecule has 5 unspecified atom stereocenters. The third-order valence-electron chi connectivity index (χ3n) is 10.1. The highest BCUT2D eigenvalue weighted by atomic mass is 32.2. The second kappa shape index (κ2) is 15.0. The van der Waals surface area contributed by atoms with E-state index in [1.807, 2.05) is 12.4 Å². The summed E-state index contributed by atoms with van der Waals surface area (Å²) < 4.78 is 37.6. The Morgan fingerprint density at radius 1 is 0.979 bits per heavy atom. The SMILES string of the molecule is Cc1cccc(C)c1C1CC2NC(N1)NS(=O)(=O)C1CCCC(C1)CN(Cc1ncc(N(C)CC(C)(C)C)cn1)[C@H](CC(C)(C)C)CO2. The van der Waals surface area contributed by atoms with Crippen LogP contribution in [0.4, 0.5) is 5.69 Å². The zero-order valence-electron chi connectivity index (χ0n) is 30.8. The summed E-state index contributed by atoms with van der Waals surface area (Å²) in [4.78, 5) is 14.4. The van der Waals surface area contributed by atoms with Crippen molar-refractivity contribution in [3.63, 3.8) is 0 Å². The molecule has 2 aromatic rings. The molecule has 2 saturated heterocycles. The van der Waals surface area contributed by atoms with E-state index in [9.17, 15) is 8.42 Å². The first-order valence-corrected chi connectivity index (χ1v) is 19.5. The molecule has 3 fully saturated rings. The highest BCUT2D eigenvalue weighted by molar-refractivity contribution is 7.90. The Bertz CT molecular complexity index is 1450. The van der Waals surface area contributed by atoms with Gasteiger partial charge < -0.3 is 9.64 Å². The fraction of sp³-hybridized carbons (Fsp3) is 0.730. The van der Waals surface area contributed by atoms with E-state index in [1.165, 1.54) is 16.7 Å². The first-order valence-electron chi connectivity index (χ1n) is 17.9. The van der Waals surface area contributed by atoms with Gasteiger partial charge >= 0.3 is 0 Å². The lowest BCUT2D eigenvalue weighted by Crippen LogP contribution is -2.64. The summed E-state index contributed by atoms with van der Waals surface area (Å²) in [5.41, 5.74) is 4.82. The van der Waals surface area contributed by atoms with E-state index in [4.69, 9.17) is 14.7 Å². The number of sulfonamides is 1. The van der Waals surface area contributed by atoms with Gasteiger partial charge in [0.25, 0.3) is 0 Å². The molecule has 2 aliphatic heterocycles. The topological polar surface area (TPSA) is 112 Å². The number of hydrogen-bond donors (Lipinski definition) is 3. The fourth-order valence-corrected chi connectivity index (χ4v) is 9.67. The number of aromatic nitrogens is 2. The van der Waals surface area contributed by atoms with Gasteiger partial charge in [-0.3, -0.25) is 15.5 Å². The molecule has 4 bridgehead atoms. The molecule has 10 nitrogen and oxygen atoms in total. The Kier molecular flexibility index (Phi) is 11.6. The van der Waals surface area contributed by atoms with E-state index in [1.54, 1.807) is 0 Å². The summed E-state index contributed by atoms with van der Waals surface area (Å²) in [7, 11) is -1.51. The maximum Gasteiger partial charge on any atom is 0.216 e. The molecule has 6 atom stereocenters. The maximum atomic E-state index is 13.9. The average Bonchev–Trinajstić information content (AvgIpc) is 2.97. The van der Waals surface area contributed by atoms with Crippen molar-refractivity contribution in [2.75, 3.05) is 31.6 Å². The van der Waals surface area contributed by atoms with Crippen molar-refractivity contribution in [2.45, 2.75) is 130 Å². The third-order valence-corrected chi connectivity index (χ3v) is 11.9. The van der Waals surface area contributed by atoms with Crippen LogP contribution in [0.25, 0.3) is 0 Å². The molecule has 0 spiro atoms. The smallest absolute Gasteiger partial charge is 0.216 e. The van der Waals surface area contributed by atoms with E-state index < -0.39 is 21.6 Å². The van der Waals surface area contributed by atoms with Crippen LogP contribution in [0, 0.1) is 30.6 Å². The number of anilines is 1. The quantitative estimate of drug-likeness (QED) is 0.357. The lowest BCUT2D eigenvalue weighted by Gasteiger charge is -2.40. The molecule has 268 valence electrons. The molecular formula is C37H61N7O3S. The Morgan fingerprint density at radius 2 is 1.67 bits per heavy atom. The van der Waals surface area contributed by atoms with E-state index in [0.29, 0.717) is 32.4 Å². The van der Waals surface area contributed by atoms with Crippen molar-refractivity contribution in [2.24, 2.45) is 16.7 Å². The summed E-state index contributed by atoms with van der Waals surface area (Å²) in [5, 5.41) is 6.62. The van der Waals surface area contributed by atoms with Crippen molar-refractivity contribution < 1.29 is 13.2 Å². The molecule has 0 radical (unpaired) electrons. The van der Waals surface area contributed by atoms with E-state index in [0.717, 1.165) is 43.9 Å². The Morgan fingerprint density at radius 3 is 2.31 bits per heavy atom. The molecule has 1 aliphatic carbocycles. The molecule has 1 aromatic carbocycles. The highest BCUT2D eigenvalue weighted by Gasteiger charge is 2.39. The van der Waals surface area contributed by atoms with Crippen LogP contribution in [0.2, 0.25) is 0 Å². The molecule has 5 rings (SSSR count). The van der Waals surface area contributed by atoms with Crippen LogP contribution in [0.15, 0.2) is 30.6 Å². The number of nitrogens with one attached hydrogen (secondary N) is 3. The summed E-state index contributed by atoms with van der Waals surface area (Å²) in [5.74, 6) is 1.03. The number of fused-ring (bicyclic) bond motifs is 4. The predicted molar refractivity (Wildman–Crippen MR) is 194 cm³/mol. The number of benzene rings is 1. The Hall–Kier alpha value is -2.15. The number of ether oxygens (including phenoxy) is 1. The number of nitrogens with zero attached hydrogens (tertiary/aromatic N) is 4. The van der Waals surface area contributed by atoms with Crippen LogP contribution in [-0.4, -0.2) is 73.8 Å². The largest absolute Gasteiger partial charge is 0.372 e. The van der Waals surface area contributed by atoms with Crippen LogP contribution in [0.1, 0.15) is 109 Å². The number of hydrogen-bond acceptors (Lipinski definition) is 9. The lowest BCUT2D eigenvalue weighted by molar-refractivity contribution is -0.0518. The van der Waals surface area contributed by atoms with Crippen molar-refractivity contribution in [3.8, 4) is 0 Å². The van der Waals surface area contributed by atoms with Gasteiger partial charge in [0.2, 0.25) is 10.0 Å². The monoisotopic (exact) mass is 683 g/mol. The van der Waals surface area contributed by atoms with Crippen molar-refractivity contribution in [1.82, 2.24) is 30.2 Å². The number of aryl methyl sites for hydroxylation is 2. The van der Waals surface area contributed by atoms with Crippen molar-refractivity contribution in [3.05, 3.63) is 53.1 Å². The predicted octanol–water partition coefficient (Wildman–Crippen LogP) is 5.62. The van der Waals surface area contributed by atoms with Crippen LogP contribution < -0.4 is 20.3 Å². The molecule has 3 aliphatic rings. The zero-order chi connectivity index (χ0) is 34.9. The minimum absolute atomic E-state index is 0.0603. The Labute approximate surface area is 290 Å². The Balaban J connectivity index is 1.46. The third kappa shape index (κ3) is 9.97. The molecule has 1 saturated carbocycles. The first kappa shape index (κ1) is 37.1. The second-order valence-electron chi connectivity index (χ2n) is 17.1. The first-order chi connectivity index (χ1) is 22.5. The molecule has 11 heteroatoms. The van der Waals surface area contributed by atoms with Gasteiger partial charge in [-0.25, -0.2) is 18.4 Å². The summed E-state index contributed by atoms with van der Waals surface area (Å²) >= 11 is 0. The van der Waals surface area contributed by atoms with Crippen molar-refractivity contribution >= 4 is 15.7 Å². The van der Waals surface area contributed by atoms with Gasteiger partial charge in [-0.1, -0.05) is 66.2 Å². The normalized spacial score (nSPS) is 28.9. The molecule has 48 heavy (non-hydrogen) atoms. The minimum Gasteiger partial charge on any atom is -0.372 e. The van der Waals surface area contributed by atoms with Crippen LogP contribution >= 0.6 is 0 Å². The van der Waals surface area contributed by atoms with Gasteiger partial charge in [0.05, 0.1) is 36.5 Å². The summed E-state index contributed by atoms with van der Waals surface area (Å²) in [6.45, 7) is 20.6. The van der Waals surface area contributed by atoms with Crippen LogP contribution in [0.3, 0.4) is 0 Å². The second-order valence-corrected chi connectivity index (χ2v) is 19.1. The van der Waals surface area contributed by atoms with E-state index >= 15 is 0 Å². The summed E-state index contributed by atoms with van der Waals surface area (Å²) in [6.07, 6.45) is 7.76. The highest BCUT2D eigenvalue weighted by Crippen LogP contribution is 2.34. The molecule has 0 amide bonds. The number of rotatable bonds is 6. The van der Waals surface area contributed by atoms with Gasteiger partial charge in [-0.15, -0.1) is 0 Å². The molecule has 1 aromatic heterocycles. The van der Waals surface area contributed by atoms with Gasteiger partial charge in [0.1, 0.15) is 18.3 Å². The maximum absolute atomic E-state index is 13.9. The van der Waals surface area contributed by atoms with Crippen molar-refractivity contribution in [1.29, 1.82) is 0 Å². The standard InChI is InChI=1S/C37H61N7O3S/c1-25-12-10-13-26(2)34(25)31-17-33-41-35(40-31)42-48(45,46)30-15-11-14-27(16-30)21-44(28(23-47-33)18-36(3,4)5)22-32-38-19-29(20-39-32)43(9)24-37(6,7)8/h10,12-13,19-20,27-28,30-31,33,35,40-42H,11,14-18,21-24H2,1-9H3/t27?,28-,30?,31?,33?,35?/m1/s1. The van der Waals surface area contributed by atoms with Crippen LogP contribution in [-0.2, 0) is 21.3 Å². The van der Waals surface area contributed by atoms with E-state index in [2.05, 4.69) is 106 Å². The summed E-state index contributed by atoms with van der Waals surface area (Å²) in [6, 6.07) is 6.37. The van der Waals surface area contributed by atoms with Gasteiger partial charge in [-0.05, 0) is 73.0 Å². The molecule has 3 heterocycles. The molecule has 3 N–H and O–H groups in total. The minimum atomic E-state index is -3.59. The van der Waals surface area contributed by atoms with E-state index in [-0.39, 0.29) is 35.1 Å². The zero-order valence-corrected chi connectivity index (χ0v) is 31.7. The van der Waals surface area contributed by atoms with Gasteiger partial charge in [-0.2, -0.15) is 4.72 Å². The molecular weight excluding hydrogens is 623 g/mol. The van der Waals surface area contributed by atoms with Gasteiger partial charge in [0.15, 0.2) is 0 Å². The van der Waals surface area contributed by atoms with Gasteiger partial charge in [0, 0.05) is 38.6 Å².